The van der Waals surface area contributed by atoms with E-state index < -0.39 is 6.04 Å². The molecule has 3 rings (SSSR count). The second-order valence-electron chi connectivity index (χ2n) is 4.30. The summed E-state index contributed by atoms with van der Waals surface area (Å²) < 4.78 is 0. The monoisotopic (exact) mass is 252 g/mol. The molecule has 4 nitrogen and oxygen atoms in total. The summed E-state index contributed by atoms with van der Waals surface area (Å²) in [5.74, 6) is -0.248. The summed E-state index contributed by atoms with van der Waals surface area (Å²) in [4.78, 5) is 25.5. The van der Waals surface area contributed by atoms with E-state index in [9.17, 15) is 9.59 Å². The molecular weight excluding hydrogens is 240 g/mol. The van der Waals surface area contributed by atoms with E-state index in [1.54, 1.807) is 24.3 Å². The average Bonchev–Trinajstić information content (AvgIpc) is 2.76. The number of carbonyl (C=O) groups is 2. The lowest BCUT2D eigenvalue weighted by atomic mass is 10.1. The topological polar surface area (TPSA) is 49.4 Å². The van der Waals surface area contributed by atoms with Gasteiger partial charge < -0.3 is 5.32 Å². The van der Waals surface area contributed by atoms with Gasteiger partial charge in [-0.3, -0.25) is 4.79 Å². The summed E-state index contributed by atoms with van der Waals surface area (Å²) in [6.07, 6.45) is 0. The first-order chi connectivity index (χ1) is 9.27. The van der Waals surface area contributed by atoms with Crippen molar-refractivity contribution in [2.75, 3.05) is 4.90 Å². The first kappa shape index (κ1) is 11.5. The van der Waals surface area contributed by atoms with Crippen LogP contribution in [0, 0.1) is 0 Å². The quantitative estimate of drug-likeness (QED) is 0.835. The predicted octanol–water partition coefficient (Wildman–Crippen LogP) is 2.48. The summed E-state index contributed by atoms with van der Waals surface area (Å²) in [7, 11) is 0. The lowest BCUT2D eigenvalue weighted by Crippen LogP contribution is -2.30. The molecule has 0 unspecified atom stereocenters. The van der Waals surface area contributed by atoms with Crippen LogP contribution in [0.4, 0.5) is 10.5 Å². The van der Waals surface area contributed by atoms with Crippen LogP contribution in [0.1, 0.15) is 11.6 Å². The highest BCUT2D eigenvalue weighted by Crippen LogP contribution is 2.26. The number of urea groups is 1. The molecule has 3 amide bonds. The Morgan fingerprint density at radius 1 is 0.842 bits per heavy atom. The molecule has 0 saturated carbocycles. The maximum atomic E-state index is 12.4. The molecule has 1 heterocycles. The fourth-order valence-electron chi connectivity index (χ4n) is 2.17. The predicted molar refractivity (Wildman–Crippen MR) is 71.6 cm³/mol. The van der Waals surface area contributed by atoms with E-state index in [0.29, 0.717) is 5.69 Å². The Morgan fingerprint density at radius 3 is 2.05 bits per heavy atom. The molecule has 0 aliphatic carbocycles. The molecule has 0 radical (unpaired) electrons. The van der Waals surface area contributed by atoms with Crippen molar-refractivity contribution in [3.05, 3.63) is 66.2 Å². The van der Waals surface area contributed by atoms with E-state index in [1.165, 1.54) is 4.90 Å². The van der Waals surface area contributed by atoms with Crippen LogP contribution in [0.5, 0.6) is 0 Å². The van der Waals surface area contributed by atoms with E-state index in [-0.39, 0.29) is 11.9 Å². The number of anilines is 1. The Morgan fingerprint density at radius 2 is 1.42 bits per heavy atom. The maximum absolute atomic E-state index is 12.4. The highest BCUT2D eigenvalue weighted by atomic mass is 16.2. The van der Waals surface area contributed by atoms with E-state index in [1.807, 2.05) is 36.4 Å². The van der Waals surface area contributed by atoms with Crippen molar-refractivity contribution >= 4 is 17.6 Å². The van der Waals surface area contributed by atoms with E-state index >= 15 is 0 Å². The second-order valence-corrected chi connectivity index (χ2v) is 4.30. The zero-order valence-corrected chi connectivity index (χ0v) is 10.1. The van der Waals surface area contributed by atoms with Crippen molar-refractivity contribution in [3.63, 3.8) is 0 Å². The number of para-hydroxylation sites is 1. The van der Waals surface area contributed by atoms with Crippen molar-refractivity contribution in [2.45, 2.75) is 6.04 Å². The van der Waals surface area contributed by atoms with E-state index in [0.717, 1.165) is 5.56 Å². The number of benzene rings is 2. The van der Waals surface area contributed by atoms with Gasteiger partial charge in [-0.25, -0.2) is 9.69 Å². The molecule has 0 bridgehead atoms. The highest BCUT2D eigenvalue weighted by Gasteiger charge is 2.39. The Kier molecular flexibility index (Phi) is 2.76. The third kappa shape index (κ3) is 1.97. The van der Waals surface area contributed by atoms with Gasteiger partial charge >= 0.3 is 6.03 Å². The number of hydrogen-bond acceptors (Lipinski definition) is 2. The zero-order valence-electron chi connectivity index (χ0n) is 10.1. The van der Waals surface area contributed by atoms with Crippen molar-refractivity contribution < 1.29 is 9.59 Å². The number of nitrogens with zero attached hydrogens (tertiary/aromatic N) is 1. The molecular formula is C15H12N2O2. The Bertz CT molecular complexity index is 611. The van der Waals surface area contributed by atoms with Gasteiger partial charge in [0.15, 0.2) is 0 Å². The second kappa shape index (κ2) is 4.57. The van der Waals surface area contributed by atoms with Gasteiger partial charge in [0.05, 0.1) is 5.69 Å². The Hall–Kier alpha value is -2.62. The standard InChI is InChI=1S/C15H12N2O2/c18-14-13(11-7-3-1-4-8-11)16-15(19)17(14)12-9-5-2-6-10-12/h1-10,13H,(H,16,19)/t13-/m1/s1. The molecule has 19 heavy (non-hydrogen) atoms. The molecule has 1 aliphatic heterocycles. The number of imide groups is 1. The Balaban J connectivity index is 1.94. The highest BCUT2D eigenvalue weighted by molar-refractivity contribution is 6.21. The molecule has 1 fully saturated rings. The fourth-order valence-corrected chi connectivity index (χ4v) is 2.17. The van der Waals surface area contributed by atoms with E-state index in [2.05, 4.69) is 5.32 Å². The summed E-state index contributed by atoms with van der Waals surface area (Å²) >= 11 is 0. The fraction of sp³-hybridized carbons (Fsp3) is 0.0667. The zero-order chi connectivity index (χ0) is 13.2. The van der Waals surface area contributed by atoms with Gasteiger partial charge in [0, 0.05) is 0 Å². The van der Waals surface area contributed by atoms with Gasteiger partial charge in [-0.15, -0.1) is 0 Å². The molecule has 1 aliphatic rings. The number of rotatable bonds is 2. The van der Waals surface area contributed by atoms with Gasteiger partial charge in [-0.2, -0.15) is 0 Å². The van der Waals surface area contributed by atoms with Gasteiger partial charge in [0.2, 0.25) is 0 Å². The molecule has 0 spiro atoms. The van der Waals surface area contributed by atoms with Crippen molar-refractivity contribution in [2.24, 2.45) is 0 Å². The van der Waals surface area contributed by atoms with Crippen LogP contribution in [-0.4, -0.2) is 11.9 Å². The molecule has 1 atom stereocenters. The van der Waals surface area contributed by atoms with Gasteiger partial charge in [-0.05, 0) is 17.7 Å². The minimum atomic E-state index is -0.603. The summed E-state index contributed by atoms with van der Waals surface area (Å²) in [5, 5.41) is 2.71. The van der Waals surface area contributed by atoms with Crippen molar-refractivity contribution in [1.82, 2.24) is 5.32 Å². The first-order valence-electron chi connectivity index (χ1n) is 6.02. The maximum Gasteiger partial charge on any atom is 0.329 e. The summed E-state index contributed by atoms with van der Waals surface area (Å²) in [6.45, 7) is 0. The number of nitrogens with one attached hydrogen (secondary N) is 1. The molecule has 1 N–H and O–H groups in total. The van der Waals surface area contributed by atoms with Crippen LogP contribution < -0.4 is 10.2 Å². The normalized spacial score (nSPS) is 18.5. The first-order valence-corrected chi connectivity index (χ1v) is 6.02. The van der Waals surface area contributed by atoms with Gasteiger partial charge in [-0.1, -0.05) is 48.5 Å². The van der Waals surface area contributed by atoms with Crippen LogP contribution in [0.2, 0.25) is 0 Å². The van der Waals surface area contributed by atoms with Crippen LogP contribution in [0.15, 0.2) is 60.7 Å². The van der Waals surface area contributed by atoms with E-state index in [4.69, 9.17) is 0 Å². The Labute approximate surface area is 110 Å². The van der Waals surface area contributed by atoms with Crippen LogP contribution >= 0.6 is 0 Å². The molecule has 2 aromatic carbocycles. The minimum Gasteiger partial charge on any atom is -0.321 e. The molecule has 94 valence electrons. The number of carbonyl (C=O) groups excluding carboxylic acids is 2. The molecule has 0 aromatic heterocycles. The van der Waals surface area contributed by atoms with Crippen LogP contribution in [0.3, 0.4) is 0 Å². The molecule has 1 saturated heterocycles. The molecule has 2 aromatic rings. The summed E-state index contributed by atoms with van der Waals surface area (Å²) in [5.41, 5.74) is 1.38. The van der Waals surface area contributed by atoms with Crippen molar-refractivity contribution in [1.29, 1.82) is 0 Å². The summed E-state index contributed by atoms with van der Waals surface area (Å²) in [6, 6.07) is 17.2. The SMILES string of the molecule is O=C1N[C@H](c2ccccc2)C(=O)N1c1ccccc1. The number of amides is 3. The largest absolute Gasteiger partial charge is 0.329 e. The van der Waals surface area contributed by atoms with Crippen LogP contribution in [-0.2, 0) is 4.79 Å². The lowest BCUT2D eigenvalue weighted by molar-refractivity contribution is -0.118. The van der Waals surface area contributed by atoms with Crippen LogP contribution in [0.25, 0.3) is 0 Å². The third-order valence-corrected chi connectivity index (χ3v) is 3.09. The smallest absolute Gasteiger partial charge is 0.321 e. The van der Waals surface area contributed by atoms with Gasteiger partial charge in [0.1, 0.15) is 6.04 Å². The van der Waals surface area contributed by atoms with Gasteiger partial charge in [0.25, 0.3) is 5.91 Å². The number of hydrogen-bond donors (Lipinski definition) is 1. The van der Waals surface area contributed by atoms with Crippen molar-refractivity contribution in [3.8, 4) is 0 Å². The minimum absolute atomic E-state index is 0.248. The average molecular weight is 252 g/mol. The third-order valence-electron chi connectivity index (χ3n) is 3.09. The molecule has 4 heteroatoms. The lowest BCUT2D eigenvalue weighted by Gasteiger charge is -2.12.